The maximum Gasteiger partial charge on any atom is 0.534 e. The molecule has 0 spiro atoms. The Bertz CT molecular complexity index is 1190. The number of alkyl halides is 3. The standard InChI is InChI=1S/C21H13F3O6S/c22-21(23,24)31(26,27)30-17-13-7-12-16-18(17)19(25)29-20(28-16,14-8-3-1-4-9-14)15-10-5-2-6-11-15/h1-13H. The van der Waals surface area contributed by atoms with E-state index < -0.39 is 38.7 Å². The fourth-order valence-corrected chi connectivity index (χ4v) is 3.58. The van der Waals surface area contributed by atoms with Crippen LogP contribution in [0.3, 0.4) is 0 Å². The minimum Gasteiger partial charge on any atom is -0.443 e. The lowest BCUT2D eigenvalue weighted by atomic mass is 9.95. The van der Waals surface area contributed by atoms with Crippen LogP contribution in [0.2, 0.25) is 0 Å². The third-order valence-corrected chi connectivity index (χ3v) is 5.44. The average molecular weight is 450 g/mol. The lowest BCUT2D eigenvalue weighted by molar-refractivity contribution is -0.131. The first-order chi connectivity index (χ1) is 14.6. The summed E-state index contributed by atoms with van der Waals surface area (Å²) < 4.78 is 76.9. The van der Waals surface area contributed by atoms with Gasteiger partial charge in [-0.2, -0.15) is 21.6 Å². The number of esters is 1. The van der Waals surface area contributed by atoms with E-state index in [4.69, 9.17) is 9.47 Å². The number of hydrogen-bond donors (Lipinski definition) is 0. The molecule has 0 radical (unpaired) electrons. The van der Waals surface area contributed by atoms with Crippen molar-refractivity contribution < 1.29 is 40.0 Å². The van der Waals surface area contributed by atoms with Crippen LogP contribution in [0.4, 0.5) is 13.2 Å². The van der Waals surface area contributed by atoms with Crippen molar-refractivity contribution in [3.05, 3.63) is 95.6 Å². The summed E-state index contributed by atoms with van der Waals surface area (Å²) in [6.07, 6.45) is 0. The molecule has 3 aromatic carbocycles. The van der Waals surface area contributed by atoms with Crippen LogP contribution in [0, 0.1) is 0 Å². The summed E-state index contributed by atoms with van der Waals surface area (Å²) in [6.45, 7) is 0. The van der Waals surface area contributed by atoms with Gasteiger partial charge in [-0.15, -0.1) is 0 Å². The van der Waals surface area contributed by atoms with Crippen LogP contribution >= 0.6 is 0 Å². The van der Waals surface area contributed by atoms with E-state index in [0.717, 1.165) is 6.07 Å². The molecule has 0 N–H and O–H groups in total. The first-order valence-corrected chi connectivity index (χ1v) is 10.2. The number of benzene rings is 3. The summed E-state index contributed by atoms with van der Waals surface area (Å²) in [7, 11) is -6.00. The second kappa shape index (κ2) is 7.31. The predicted molar refractivity (Wildman–Crippen MR) is 102 cm³/mol. The van der Waals surface area contributed by atoms with E-state index in [1.807, 2.05) is 0 Å². The second-order valence-electron chi connectivity index (χ2n) is 6.45. The van der Waals surface area contributed by atoms with Crippen molar-refractivity contribution in [1.82, 2.24) is 0 Å². The van der Waals surface area contributed by atoms with Crippen LogP contribution in [-0.2, 0) is 20.6 Å². The Hall–Kier alpha value is -3.53. The Balaban J connectivity index is 1.85. The van der Waals surface area contributed by atoms with Gasteiger partial charge >= 0.3 is 27.4 Å². The number of cyclic esters (lactones) is 1. The summed E-state index contributed by atoms with van der Waals surface area (Å²) in [5, 5.41) is 0. The first-order valence-electron chi connectivity index (χ1n) is 8.81. The van der Waals surface area contributed by atoms with Gasteiger partial charge < -0.3 is 13.7 Å². The predicted octanol–water partition coefficient (Wildman–Crippen LogP) is 4.37. The molecule has 1 heterocycles. The molecule has 1 aliphatic rings. The summed E-state index contributed by atoms with van der Waals surface area (Å²) >= 11 is 0. The molecule has 0 bridgehead atoms. The Morgan fingerprint density at radius 2 is 1.32 bits per heavy atom. The molecule has 1 aliphatic heterocycles. The van der Waals surface area contributed by atoms with Crippen LogP contribution in [0.5, 0.6) is 11.5 Å². The second-order valence-corrected chi connectivity index (χ2v) is 7.99. The number of ether oxygens (including phenoxy) is 2. The zero-order valence-electron chi connectivity index (χ0n) is 15.5. The summed E-state index contributed by atoms with van der Waals surface area (Å²) in [5.74, 6) is -3.90. The van der Waals surface area contributed by atoms with E-state index in [9.17, 15) is 26.4 Å². The molecular weight excluding hydrogens is 437 g/mol. The highest BCUT2D eigenvalue weighted by Gasteiger charge is 2.51. The van der Waals surface area contributed by atoms with Gasteiger partial charge in [0, 0.05) is 11.1 Å². The maximum absolute atomic E-state index is 12.9. The zero-order valence-corrected chi connectivity index (χ0v) is 16.3. The van der Waals surface area contributed by atoms with Gasteiger partial charge in [0.2, 0.25) is 0 Å². The van der Waals surface area contributed by atoms with Gasteiger partial charge in [-0.3, -0.25) is 0 Å². The molecule has 31 heavy (non-hydrogen) atoms. The summed E-state index contributed by atoms with van der Waals surface area (Å²) in [6, 6.07) is 20.3. The minimum absolute atomic E-state index is 0.196. The molecule has 6 nitrogen and oxygen atoms in total. The molecule has 4 rings (SSSR count). The molecule has 0 fully saturated rings. The highest BCUT2D eigenvalue weighted by Crippen LogP contribution is 2.45. The minimum atomic E-state index is -6.00. The van der Waals surface area contributed by atoms with E-state index in [1.54, 1.807) is 60.7 Å². The monoisotopic (exact) mass is 450 g/mol. The lowest BCUT2D eigenvalue weighted by Gasteiger charge is -2.38. The van der Waals surface area contributed by atoms with Gasteiger partial charge in [0.1, 0.15) is 11.3 Å². The molecule has 0 atom stereocenters. The maximum atomic E-state index is 12.9. The Morgan fingerprint density at radius 3 is 1.84 bits per heavy atom. The molecule has 10 heteroatoms. The van der Waals surface area contributed by atoms with Crippen molar-refractivity contribution in [1.29, 1.82) is 0 Å². The molecule has 0 saturated carbocycles. The normalized spacial score (nSPS) is 15.4. The van der Waals surface area contributed by atoms with Crippen LogP contribution < -0.4 is 8.92 Å². The SMILES string of the molecule is O=C1OC(c2ccccc2)(c2ccccc2)Oc2cccc(OS(=O)(=O)C(F)(F)F)c21. The lowest BCUT2D eigenvalue weighted by Crippen LogP contribution is -2.43. The third-order valence-electron chi connectivity index (χ3n) is 4.47. The van der Waals surface area contributed by atoms with Crippen molar-refractivity contribution in [2.24, 2.45) is 0 Å². The fraction of sp³-hybridized carbons (Fsp3) is 0.0952. The van der Waals surface area contributed by atoms with E-state index in [-0.39, 0.29) is 5.75 Å². The molecule has 0 saturated heterocycles. The Morgan fingerprint density at radius 1 is 0.774 bits per heavy atom. The number of halogens is 3. The topological polar surface area (TPSA) is 78.9 Å². The van der Waals surface area contributed by atoms with Gasteiger partial charge in [-0.1, -0.05) is 66.7 Å². The fourth-order valence-electron chi connectivity index (χ4n) is 3.11. The molecule has 0 unspecified atom stereocenters. The number of carbonyl (C=O) groups excluding carboxylic acids is 1. The van der Waals surface area contributed by atoms with Gasteiger partial charge in [-0.25, -0.2) is 4.79 Å². The quantitative estimate of drug-likeness (QED) is 0.334. The largest absolute Gasteiger partial charge is 0.534 e. The summed E-state index contributed by atoms with van der Waals surface area (Å²) in [4.78, 5) is 12.9. The van der Waals surface area contributed by atoms with Crippen LogP contribution in [0.1, 0.15) is 21.5 Å². The Labute approximate surface area is 174 Å². The van der Waals surface area contributed by atoms with Crippen molar-refractivity contribution in [2.45, 2.75) is 11.3 Å². The number of hydrogen-bond acceptors (Lipinski definition) is 6. The highest BCUT2D eigenvalue weighted by atomic mass is 32.2. The van der Waals surface area contributed by atoms with E-state index in [0.29, 0.717) is 11.1 Å². The Kier molecular flexibility index (Phi) is 4.89. The molecule has 0 aliphatic carbocycles. The van der Waals surface area contributed by atoms with Crippen molar-refractivity contribution in [3.63, 3.8) is 0 Å². The van der Waals surface area contributed by atoms with Crippen molar-refractivity contribution in [2.75, 3.05) is 0 Å². The molecular formula is C21H13F3O6S. The van der Waals surface area contributed by atoms with Gasteiger partial charge in [0.05, 0.1) is 0 Å². The highest BCUT2D eigenvalue weighted by molar-refractivity contribution is 7.88. The van der Waals surface area contributed by atoms with Crippen LogP contribution in [-0.4, -0.2) is 19.9 Å². The van der Waals surface area contributed by atoms with Crippen LogP contribution in [0.25, 0.3) is 0 Å². The number of carbonyl (C=O) groups is 1. The third kappa shape index (κ3) is 3.59. The van der Waals surface area contributed by atoms with E-state index >= 15 is 0 Å². The van der Waals surface area contributed by atoms with E-state index in [1.165, 1.54) is 12.1 Å². The summed E-state index contributed by atoms with van der Waals surface area (Å²) in [5.41, 5.74) is -5.37. The van der Waals surface area contributed by atoms with Crippen molar-refractivity contribution in [3.8, 4) is 11.5 Å². The molecule has 160 valence electrons. The van der Waals surface area contributed by atoms with Gasteiger partial charge in [-0.05, 0) is 12.1 Å². The first kappa shape index (κ1) is 20.7. The van der Waals surface area contributed by atoms with Gasteiger partial charge in [0.15, 0.2) is 5.75 Å². The molecule has 0 aromatic heterocycles. The average Bonchev–Trinajstić information content (AvgIpc) is 2.73. The van der Waals surface area contributed by atoms with Gasteiger partial charge in [0.25, 0.3) is 0 Å². The zero-order chi connectivity index (χ0) is 22.3. The molecule has 3 aromatic rings. The van der Waals surface area contributed by atoms with E-state index in [2.05, 4.69) is 4.18 Å². The number of fused-ring (bicyclic) bond motifs is 1. The molecule has 0 amide bonds. The number of rotatable bonds is 4. The van der Waals surface area contributed by atoms with Crippen molar-refractivity contribution >= 4 is 16.1 Å². The smallest absolute Gasteiger partial charge is 0.443 e. The van der Waals surface area contributed by atoms with Crippen LogP contribution in [0.15, 0.2) is 78.9 Å².